The van der Waals surface area contributed by atoms with Crippen molar-refractivity contribution in [1.29, 1.82) is 0 Å². The summed E-state index contributed by atoms with van der Waals surface area (Å²) in [5.74, 6) is -0.971. The van der Waals surface area contributed by atoms with Crippen molar-refractivity contribution in [1.82, 2.24) is 5.32 Å². The Hall–Kier alpha value is -3.81. The van der Waals surface area contributed by atoms with Crippen LogP contribution in [0.1, 0.15) is 77.3 Å². The standard InChI is InChI=1S/C29H28N2O6/c1-16(32)31-29-12-17-9-18(13-29)11-28(10-17,15-29)27(36)37-14-23(33)30-22-8-4-7-21-24(22)26(35)20-6-3-2-5-19(20)25(21)34/h2-8,17-18H,9-15H2,1H3,(H,30,33)(H,31,32). The molecule has 4 bridgehead atoms. The summed E-state index contributed by atoms with van der Waals surface area (Å²) in [6.45, 7) is 1.01. The molecule has 8 nitrogen and oxygen atoms in total. The second-order valence-corrected chi connectivity index (χ2v) is 11.3. The predicted molar refractivity (Wildman–Crippen MR) is 133 cm³/mol. The van der Waals surface area contributed by atoms with E-state index < -0.39 is 23.9 Å². The SMILES string of the molecule is CC(=O)NC12CC3CC(C1)CC(C(=O)OCC(=O)Nc1cccc4c1C(=O)c1ccccc1C4=O)(C3)C2. The number of rotatable bonds is 5. The Morgan fingerprint density at radius 3 is 2.22 bits per heavy atom. The molecule has 0 radical (unpaired) electrons. The van der Waals surface area contributed by atoms with Crippen molar-refractivity contribution in [3.05, 3.63) is 64.7 Å². The van der Waals surface area contributed by atoms with E-state index in [2.05, 4.69) is 10.6 Å². The number of hydrogen-bond donors (Lipinski definition) is 2. The lowest BCUT2D eigenvalue weighted by Crippen LogP contribution is -2.64. The molecule has 37 heavy (non-hydrogen) atoms. The molecule has 0 aliphatic heterocycles. The molecule has 190 valence electrons. The van der Waals surface area contributed by atoms with Crippen LogP contribution in [-0.4, -0.2) is 41.5 Å². The second kappa shape index (κ2) is 8.36. The van der Waals surface area contributed by atoms with Crippen LogP contribution in [0.2, 0.25) is 0 Å². The summed E-state index contributed by atoms with van der Waals surface area (Å²) in [6, 6.07) is 11.3. The first-order valence-corrected chi connectivity index (χ1v) is 12.8. The topological polar surface area (TPSA) is 119 Å². The number of hydrogen-bond acceptors (Lipinski definition) is 6. The van der Waals surface area contributed by atoms with E-state index in [1.54, 1.807) is 42.5 Å². The molecule has 2 aromatic carbocycles. The van der Waals surface area contributed by atoms with Crippen molar-refractivity contribution in [2.75, 3.05) is 11.9 Å². The third-order valence-electron chi connectivity index (χ3n) is 8.50. The van der Waals surface area contributed by atoms with E-state index in [0.717, 1.165) is 19.3 Å². The number of carbonyl (C=O) groups excluding carboxylic acids is 5. The van der Waals surface area contributed by atoms with Gasteiger partial charge in [0.15, 0.2) is 18.2 Å². The lowest BCUT2D eigenvalue weighted by atomic mass is 9.47. The molecule has 4 fully saturated rings. The number of anilines is 1. The molecule has 4 saturated carbocycles. The molecular weight excluding hydrogens is 472 g/mol. The van der Waals surface area contributed by atoms with Gasteiger partial charge in [-0.1, -0.05) is 36.4 Å². The van der Waals surface area contributed by atoms with Gasteiger partial charge in [0.2, 0.25) is 5.91 Å². The number of fused-ring (bicyclic) bond motifs is 2. The molecule has 2 N–H and O–H groups in total. The Morgan fingerprint density at radius 1 is 0.892 bits per heavy atom. The zero-order valence-corrected chi connectivity index (χ0v) is 20.6. The quantitative estimate of drug-likeness (QED) is 0.518. The van der Waals surface area contributed by atoms with Gasteiger partial charge in [0, 0.05) is 29.2 Å². The lowest BCUT2D eigenvalue weighted by Gasteiger charge is -2.60. The number of nitrogens with one attached hydrogen (secondary N) is 2. The molecule has 5 aliphatic rings. The van der Waals surface area contributed by atoms with E-state index in [1.165, 1.54) is 6.92 Å². The average Bonchev–Trinajstić information content (AvgIpc) is 2.84. The summed E-state index contributed by atoms with van der Waals surface area (Å²) < 4.78 is 5.54. The molecule has 2 atom stereocenters. The zero-order valence-electron chi connectivity index (χ0n) is 20.6. The first-order chi connectivity index (χ1) is 17.7. The number of carbonyl (C=O) groups is 5. The Morgan fingerprint density at radius 2 is 1.54 bits per heavy atom. The zero-order chi connectivity index (χ0) is 25.9. The first-order valence-electron chi connectivity index (χ1n) is 12.8. The molecule has 0 spiro atoms. The highest BCUT2D eigenvalue weighted by Crippen LogP contribution is 2.62. The third-order valence-corrected chi connectivity index (χ3v) is 8.50. The van der Waals surface area contributed by atoms with E-state index in [9.17, 15) is 24.0 Å². The summed E-state index contributed by atoms with van der Waals surface area (Å²) in [7, 11) is 0. The van der Waals surface area contributed by atoms with Crippen LogP contribution < -0.4 is 10.6 Å². The lowest BCUT2D eigenvalue weighted by molar-refractivity contribution is -0.176. The van der Waals surface area contributed by atoms with Crippen molar-refractivity contribution < 1.29 is 28.7 Å². The number of ether oxygens (including phenoxy) is 1. The maximum absolute atomic E-state index is 13.3. The summed E-state index contributed by atoms with van der Waals surface area (Å²) in [6.07, 6.45) is 4.79. The van der Waals surface area contributed by atoms with Crippen molar-refractivity contribution in [3.8, 4) is 0 Å². The van der Waals surface area contributed by atoms with E-state index in [0.29, 0.717) is 42.2 Å². The van der Waals surface area contributed by atoms with Crippen molar-refractivity contribution in [2.45, 2.75) is 51.0 Å². The van der Waals surface area contributed by atoms with Gasteiger partial charge in [0.25, 0.3) is 5.91 Å². The normalized spacial score (nSPS) is 28.8. The van der Waals surface area contributed by atoms with Crippen LogP contribution in [-0.2, 0) is 19.1 Å². The summed E-state index contributed by atoms with van der Waals surface area (Å²) in [4.78, 5) is 64.2. The Bertz CT molecular complexity index is 1360. The highest BCUT2D eigenvalue weighted by molar-refractivity contribution is 6.30. The van der Waals surface area contributed by atoms with E-state index in [4.69, 9.17) is 4.74 Å². The molecule has 0 heterocycles. The largest absolute Gasteiger partial charge is 0.455 e. The molecule has 2 unspecified atom stereocenters. The van der Waals surface area contributed by atoms with Crippen LogP contribution in [0.25, 0.3) is 0 Å². The van der Waals surface area contributed by atoms with Gasteiger partial charge in [0.05, 0.1) is 16.7 Å². The van der Waals surface area contributed by atoms with Gasteiger partial charge < -0.3 is 15.4 Å². The van der Waals surface area contributed by atoms with Gasteiger partial charge in [-0.3, -0.25) is 24.0 Å². The fourth-order valence-electron chi connectivity index (χ4n) is 7.74. The molecule has 0 aromatic heterocycles. The Labute approximate surface area is 214 Å². The van der Waals surface area contributed by atoms with E-state index in [1.807, 2.05) is 0 Å². The van der Waals surface area contributed by atoms with Crippen LogP contribution in [0.5, 0.6) is 0 Å². The van der Waals surface area contributed by atoms with Gasteiger partial charge in [-0.25, -0.2) is 0 Å². The van der Waals surface area contributed by atoms with Crippen LogP contribution in [0, 0.1) is 17.3 Å². The first kappa shape index (κ1) is 23.6. The van der Waals surface area contributed by atoms with Crippen LogP contribution in [0.15, 0.2) is 42.5 Å². The Balaban J connectivity index is 1.16. The van der Waals surface area contributed by atoms with Crippen molar-refractivity contribution >= 4 is 35.0 Å². The maximum Gasteiger partial charge on any atom is 0.312 e. The highest BCUT2D eigenvalue weighted by Gasteiger charge is 2.61. The molecule has 7 rings (SSSR count). The molecule has 5 aliphatic carbocycles. The number of esters is 1. The average molecular weight is 501 g/mol. The van der Waals surface area contributed by atoms with Gasteiger partial charge >= 0.3 is 5.97 Å². The second-order valence-electron chi connectivity index (χ2n) is 11.3. The van der Waals surface area contributed by atoms with Crippen LogP contribution >= 0.6 is 0 Å². The summed E-state index contributed by atoms with van der Waals surface area (Å²) >= 11 is 0. The number of benzene rings is 2. The maximum atomic E-state index is 13.3. The van der Waals surface area contributed by atoms with Gasteiger partial charge in [0.1, 0.15) is 0 Å². The fourth-order valence-corrected chi connectivity index (χ4v) is 7.74. The molecule has 0 saturated heterocycles. The van der Waals surface area contributed by atoms with Gasteiger partial charge in [-0.2, -0.15) is 0 Å². The minimum absolute atomic E-state index is 0.0910. The predicted octanol–water partition coefficient (Wildman–Crippen LogP) is 3.42. The molecule has 2 amide bonds. The van der Waals surface area contributed by atoms with Gasteiger partial charge in [-0.15, -0.1) is 0 Å². The number of amides is 2. The summed E-state index contributed by atoms with van der Waals surface area (Å²) in [5, 5.41) is 5.79. The van der Waals surface area contributed by atoms with Crippen LogP contribution in [0.3, 0.4) is 0 Å². The minimum Gasteiger partial charge on any atom is -0.455 e. The van der Waals surface area contributed by atoms with E-state index >= 15 is 0 Å². The fraction of sp³-hybridized carbons (Fsp3) is 0.414. The van der Waals surface area contributed by atoms with Crippen LogP contribution in [0.4, 0.5) is 5.69 Å². The van der Waals surface area contributed by atoms with E-state index in [-0.39, 0.29) is 39.8 Å². The smallest absolute Gasteiger partial charge is 0.312 e. The summed E-state index contributed by atoms with van der Waals surface area (Å²) in [5.41, 5.74) is 0.160. The third kappa shape index (κ3) is 3.86. The van der Waals surface area contributed by atoms with Crippen molar-refractivity contribution in [3.63, 3.8) is 0 Å². The molecule has 2 aromatic rings. The molecular formula is C29H28N2O6. The number of ketones is 2. The minimum atomic E-state index is -0.690. The van der Waals surface area contributed by atoms with Gasteiger partial charge in [-0.05, 0) is 56.4 Å². The Kier molecular flexibility index (Phi) is 5.33. The molecule has 8 heteroatoms. The monoisotopic (exact) mass is 500 g/mol. The van der Waals surface area contributed by atoms with Crippen molar-refractivity contribution in [2.24, 2.45) is 17.3 Å². The highest BCUT2D eigenvalue weighted by atomic mass is 16.5.